The van der Waals surface area contributed by atoms with Gasteiger partial charge < -0.3 is 4.90 Å². The molecule has 0 fully saturated rings. The molecule has 1 aromatic heterocycles. The van der Waals surface area contributed by atoms with Crippen molar-refractivity contribution >= 4 is 32.6 Å². The van der Waals surface area contributed by atoms with Gasteiger partial charge in [0.15, 0.2) is 5.13 Å². The third-order valence-corrected chi connectivity index (χ3v) is 6.02. The summed E-state index contributed by atoms with van der Waals surface area (Å²) in [5, 5.41) is 0.804. The summed E-state index contributed by atoms with van der Waals surface area (Å²) in [5.74, 6) is 0.115. The van der Waals surface area contributed by atoms with Crippen molar-refractivity contribution in [1.82, 2.24) is 9.88 Å². The predicted molar refractivity (Wildman–Crippen MR) is 120 cm³/mol. The summed E-state index contributed by atoms with van der Waals surface area (Å²) < 4.78 is 1.13. The SMILES string of the molecule is Cc1ccc(C)c(CC(=O)N(CCCN(C)C)c2nc3c(C)cccc3s2)c1. The smallest absolute Gasteiger partial charge is 0.233 e. The number of anilines is 1. The van der Waals surface area contributed by atoms with Crippen LogP contribution in [0.5, 0.6) is 0 Å². The second-order valence-electron chi connectivity index (χ2n) is 7.73. The summed E-state index contributed by atoms with van der Waals surface area (Å²) in [4.78, 5) is 22.1. The summed E-state index contributed by atoms with van der Waals surface area (Å²) in [7, 11) is 4.12. The van der Waals surface area contributed by atoms with Gasteiger partial charge in [0.05, 0.1) is 16.6 Å². The van der Waals surface area contributed by atoms with Crippen LogP contribution >= 0.6 is 11.3 Å². The van der Waals surface area contributed by atoms with Crippen LogP contribution in [0.4, 0.5) is 5.13 Å². The van der Waals surface area contributed by atoms with Crippen LogP contribution in [0.25, 0.3) is 10.2 Å². The monoisotopic (exact) mass is 395 g/mol. The van der Waals surface area contributed by atoms with Gasteiger partial charge in [0.1, 0.15) is 0 Å². The van der Waals surface area contributed by atoms with E-state index in [1.807, 2.05) is 11.0 Å². The number of hydrogen-bond acceptors (Lipinski definition) is 4. The first-order valence-corrected chi connectivity index (χ1v) is 10.5. The molecule has 28 heavy (non-hydrogen) atoms. The third kappa shape index (κ3) is 4.78. The van der Waals surface area contributed by atoms with Crippen LogP contribution in [-0.4, -0.2) is 43.0 Å². The minimum atomic E-state index is 0.115. The first-order chi connectivity index (χ1) is 13.3. The molecule has 0 aliphatic carbocycles. The molecule has 5 heteroatoms. The maximum Gasteiger partial charge on any atom is 0.233 e. The molecule has 3 rings (SSSR count). The molecule has 0 N–H and O–H groups in total. The molecule has 0 saturated carbocycles. The average molecular weight is 396 g/mol. The second-order valence-corrected chi connectivity index (χ2v) is 8.74. The number of aryl methyl sites for hydroxylation is 3. The molecule has 1 heterocycles. The zero-order valence-corrected chi connectivity index (χ0v) is 18.3. The standard InChI is InChI=1S/C23H29N3OS/c1-16-10-11-17(2)19(14-16)15-21(27)26(13-7-12-25(4)5)23-24-22-18(3)8-6-9-20(22)28-23/h6,8-11,14H,7,12-13,15H2,1-5H3. The Bertz CT molecular complexity index is 977. The molecule has 0 aliphatic rings. The molecule has 0 bridgehead atoms. The Labute approximate surface area is 171 Å². The number of aromatic nitrogens is 1. The van der Waals surface area contributed by atoms with Crippen LogP contribution < -0.4 is 4.90 Å². The molecule has 148 valence electrons. The second kappa shape index (κ2) is 8.84. The molecule has 0 atom stereocenters. The molecular formula is C23H29N3OS. The Morgan fingerprint density at radius 3 is 2.54 bits per heavy atom. The van der Waals surface area contributed by atoms with E-state index in [2.05, 4.69) is 70.1 Å². The zero-order valence-electron chi connectivity index (χ0n) is 17.5. The fourth-order valence-corrected chi connectivity index (χ4v) is 4.40. The highest BCUT2D eigenvalue weighted by atomic mass is 32.1. The van der Waals surface area contributed by atoms with E-state index in [0.29, 0.717) is 13.0 Å². The normalized spacial score (nSPS) is 11.4. The Balaban J connectivity index is 1.89. The Morgan fingerprint density at radius 2 is 1.82 bits per heavy atom. The van der Waals surface area contributed by atoms with Gasteiger partial charge in [0.2, 0.25) is 5.91 Å². The molecule has 4 nitrogen and oxygen atoms in total. The van der Waals surface area contributed by atoms with Gasteiger partial charge in [-0.15, -0.1) is 0 Å². The maximum absolute atomic E-state index is 13.3. The van der Waals surface area contributed by atoms with Crippen molar-refractivity contribution in [1.29, 1.82) is 0 Å². The molecule has 2 aromatic carbocycles. The lowest BCUT2D eigenvalue weighted by Crippen LogP contribution is -2.34. The topological polar surface area (TPSA) is 36.4 Å². The largest absolute Gasteiger partial charge is 0.309 e. The van der Waals surface area contributed by atoms with E-state index in [-0.39, 0.29) is 5.91 Å². The lowest BCUT2D eigenvalue weighted by atomic mass is 10.0. The summed E-state index contributed by atoms with van der Waals surface area (Å²) in [5.41, 5.74) is 5.59. The number of carbonyl (C=O) groups is 1. The fraction of sp³-hybridized carbons (Fsp3) is 0.391. The number of benzene rings is 2. The molecule has 3 aromatic rings. The van der Waals surface area contributed by atoms with E-state index < -0.39 is 0 Å². The number of hydrogen-bond donors (Lipinski definition) is 0. The first kappa shape index (κ1) is 20.5. The van der Waals surface area contributed by atoms with Gasteiger partial charge in [-0.2, -0.15) is 0 Å². The minimum absolute atomic E-state index is 0.115. The number of fused-ring (bicyclic) bond motifs is 1. The van der Waals surface area contributed by atoms with Gasteiger partial charge in [-0.1, -0.05) is 47.2 Å². The van der Waals surface area contributed by atoms with Crippen LogP contribution in [-0.2, 0) is 11.2 Å². The maximum atomic E-state index is 13.3. The van der Waals surface area contributed by atoms with Crippen molar-refractivity contribution in [3.05, 3.63) is 58.7 Å². The fourth-order valence-electron chi connectivity index (χ4n) is 3.31. The van der Waals surface area contributed by atoms with Gasteiger partial charge >= 0.3 is 0 Å². The molecule has 0 aliphatic heterocycles. The quantitative estimate of drug-likeness (QED) is 0.579. The molecule has 0 unspecified atom stereocenters. The molecule has 0 spiro atoms. The molecule has 0 radical (unpaired) electrons. The summed E-state index contributed by atoms with van der Waals surface area (Å²) in [6.07, 6.45) is 1.32. The van der Waals surface area contributed by atoms with Crippen LogP contribution in [0, 0.1) is 20.8 Å². The molecular weight excluding hydrogens is 366 g/mol. The van der Waals surface area contributed by atoms with Crippen molar-refractivity contribution < 1.29 is 4.79 Å². The highest BCUT2D eigenvalue weighted by Crippen LogP contribution is 2.31. The number of thiazole rings is 1. The number of nitrogens with zero attached hydrogens (tertiary/aromatic N) is 3. The van der Waals surface area contributed by atoms with Crippen molar-refractivity contribution in [2.45, 2.75) is 33.6 Å². The van der Waals surface area contributed by atoms with E-state index in [0.717, 1.165) is 45.0 Å². The van der Waals surface area contributed by atoms with Gasteiger partial charge in [-0.3, -0.25) is 9.69 Å². The molecule has 1 amide bonds. The van der Waals surface area contributed by atoms with Crippen molar-refractivity contribution in [2.75, 3.05) is 32.1 Å². The van der Waals surface area contributed by atoms with Crippen molar-refractivity contribution in [3.63, 3.8) is 0 Å². The van der Waals surface area contributed by atoms with E-state index in [1.165, 1.54) is 5.56 Å². The van der Waals surface area contributed by atoms with Crippen LogP contribution in [0.2, 0.25) is 0 Å². The highest BCUT2D eigenvalue weighted by Gasteiger charge is 2.21. The van der Waals surface area contributed by atoms with Gasteiger partial charge in [0.25, 0.3) is 0 Å². The Kier molecular flexibility index (Phi) is 6.47. The third-order valence-electron chi connectivity index (χ3n) is 4.97. The van der Waals surface area contributed by atoms with Gasteiger partial charge in [0, 0.05) is 6.54 Å². The minimum Gasteiger partial charge on any atom is -0.309 e. The van der Waals surface area contributed by atoms with E-state index in [9.17, 15) is 4.79 Å². The number of para-hydroxylation sites is 1. The van der Waals surface area contributed by atoms with Crippen LogP contribution in [0.3, 0.4) is 0 Å². The Hall–Kier alpha value is -2.24. The van der Waals surface area contributed by atoms with Gasteiger partial charge in [-0.05, 0) is 70.6 Å². The van der Waals surface area contributed by atoms with E-state index in [1.54, 1.807) is 11.3 Å². The van der Waals surface area contributed by atoms with E-state index >= 15 is 0 Å². The number of carbonyl (C=O) groups excluding carboxylic acids is 1. The summed E-state index contributed by atoms with van der Waals surface area (Å²) in [6, 6.07) is 12.5. The van der Waals surface area contributed by atoms with Gasteiger partial charge in [-0.25, -0.2) is 4.98 Å². The van der Waals surface area contributed by atoms with Crippen molar-refractivity contribution in [2.24, 2.45) is 0 Å². The highest BCUT2D eigenvalue weighted by molar-refractivity contribution is 7.22. The Morgan fingerprint density at radius 1 is 1.04 bits per heavy atom. The molecule has 0 saturated heterocycles. The number of rotatable bonds is 7. The van der Waals surface area contributed by atoms with Crippen LogP contribution in [0.1, 0.15) is 28.7 Å². The van der Waals surface area contributed by atoms with Crippen molar-refractivity contribution in [3.8, 4) is 0 Å². The lowest BCUT2D eigenvalue weighted by Gasteiger charge is -2.21. The number of amides is 1. The van der Waals surface area contributed by atoms with Crippen LogP contribution in [0.15, 0.2) is 36.4 Å². The summed E-state index contributed by atoms with van der Waals surface area (Å²) >= 11 is 1.60. The predicted octanol–water partition coefficient (Wildman–Crippen LogP) is 4.75. The zero-order chi connectivity index (χ0) is 20.3. The first-order valence-electron chi connectivity index (χ1n) is 9.72. The van der Waals surface area contributed by atoms with E-state index in [4.69, 9.17) is 4.98 Å². The summed E-state index contributed by atoms with van der Waals surface area (Å²) in [6.45, 7) is 7.83. The lowest BCUT2D eigenvalue weighted by molar-refractivity contribution is -0.118. The average Bonchev–Trinajstić information content (AvgIpc) is 3.06.